The van der Waals surface area contributed by atoms with E-state index in [2.05, 4.69) is 4.98 Å². The Morgan fingerprint density at radius 3 is 2.44 bits per heavy atom. The fourth-order valence-electron chi connectivity index (χ4n) is 3.31. The normalized spacial score (nSPS) is 15.4. The number of ether oxygens (including phenoxy) is 1. The summed E-state index contributed by atoms with van der Waals surface area (Å²) in [5.74, 6) is -1.78. The van der Waals surface area contributed by atoms with E-state index in [0.717, 1.165) is 4.57 Å². The molecule has 4 rings (SSSR count). The lowest BCUT2D eigenvalue weighted by Crippen LogP contribution is -2.39. The minimum Gasteiger partial charge on any atom is -0.457 e. The lowest BCUT2D eigenvalue weighted by Gasteiger charge is -2.35. The van der Waals surface area contributed by atoms with Gasteiger partial charge in [-0.2, -0.15) is 0 Å². The Morgan fingerprint density at radius 1 is 1.06 bits per heavy atom. The van der Waals surface area contributed by atoms with Crippen LogP contribution >= 0.6 is 10.6 Å². The van der Waals surface area contributed by atoms with Crippen LogP contribution in [0.4, 0.5) is 4.39 Å². The summed E-state index contributed by atoms with van der Waals surface area (Å²) in [5.41, 5.74) is -0.594. The molecule has 166 valence electrons. The number of rotatable bonds is 5. The van der Waals surface area contributed by atoms with Gasteiger partial charge in [0.2, 0.25) is 0 Å². The number of fused-ring (bicyclic) bond motifs is 1. The maximum atomic E-state index is 13.0. The van der Waals surface area contributed by atoms with Crippen molar-refractivity contribution in [1.82, 2.24) is 9.55 Å². The first-order valence-electron chi connectivity index (χ1n) is 9.54. The average molecular weight is 458 g/mol. The number of H-pyrrole nitrogens is 1. The van der Waals surface area contributed by atoms with Gasteiger partial charge in [-0.25, -0.2) is 14.0 Å². The number of carbonyl (C=O) groups is 1. The Hall–Kier alpha value is -3.47. The second-order valence-corrected chi connectivity index (χ2v) is 9.26. The van der Waals surface area contributed by atoms with E-state index in [1.165, 1.54) is 30.3 Å². The molecule has 0 radical (unpaired) electrons. The van der Waals surface area contributed by atoms with Crippen molar-refractivity contribution < 1.29 is 23.0 Å². The Bertz CT molecular complexity index is 1310. The zero-order valence-electron chi connectivity index (χ0n) is 16.7. The van der Waals surface area contributed by atoms with Crippen LogP contribution < -0.4 is 11.2 Å². The molecule has 0 atom stereocenters. The van der Waals surface area contributed by atoms with E-state index in [1.54, 1.807) is 30.3 Å². The molecule has 0 unspecified atom stereocenters. The van der Waals surface area contributed by atoms with Gasteiger partial charge in [0.25, 0.3) is 5.56 Å². The van der Waals surface area contributed by atoms with E-state index in [-0.39, 0.29) is 29.3 Å². The summed E-state index contributed by atoms with van der Waals surface area (Å²) < 4.78 is 40.2. The van der Waals surface area contributed by atoms with Crippen LogP contribution in [0.5, 0.6) is 0 Å². The summed E-state index contributed by atoms with van der Waals surface area (Å²) in [6.07, 6.45) is 1.21. The number of nitrogens with one attached hydrogen (secondary N) is 1. The van der Waals surface area contributed by atoms with Gasteiger partial charge in [0, 0.05) is 0 Å². The van der Waals surface area contributed by atoms with Gasteiger partial charge in [0.05, 0.1) is 23.4 Å². The molecule has 0 fully saturated rings. The number of benzene rings is 2. The van der Waals surface area contributed by atoms with Crippen molar-refractivity contribution in [2.45, 2.75) is 18.2 Å². The van der Waals surface area contributed by atoms with Crippen LogP contribution in [0.1, 0.15) is 16.7 Å². The van der Waals surface area contributed by atoms with Gasteiger partial charge in [0.15, 0.2) is 0 Å². The van der Waals surface area contributed by atoms with E-state index in [4.69, 9.17) is 4.74 Å². The van der Waals surface area contributed by atoms with Crippen molar-refractivity contribution in [3.63, 3.8) is 0 Å². The summed E-state index contributed by atoms with van der Waals surface area (Å²) in [5, 5.41) is -0.299. The molecule has 32 heavy (non-hydrogen) atoms. The average Bonchev–Trinajstić information content (AvgIpc) is 2.77. The fraction of sp³-hybridized carbons (Fsp3) is 0.136. The van der Waals surface area contributed by atoms with Gasteiger partial charge >= 0.3 is 11.7 Å². The summed E-state index contributed by atoms with van der Waals surface area (Å²) in [6.45, 7) is -0.188. The van der Waals surface area contributed by atoms with Crippen LogP contribution in [0.15, 0.2) is 74.8 Å². The molecule has 0 bridgehead atoms. The monoisotopic (exact) mass is 458 g/mol. The summed E-state index contributed by atoms with van der Waals surface area (Å²) in [7, 11) is -3.65. The predicted molar refractivity (Wildman–Crippen MR) is 117 cm³/mol. The van der Waals surface area contributed by atoms with E-state index < -0.39 is 39.4 Å². The first-order chi connectivity index (χ1) is 15.2. The lowest BCUT2D eigenvalue weighted by atomic mass is 10.2. The molecular weight excluding hydrogens is 439 g/mol. The van der Waals surface area contributed by atoms with Crippen molar-refractivity contribution in [1.29, 1.82) is 0 Å². The molecule has 1 aliphatic rings. The zero-order chi connectivity index (χ0) is 22.9. The molecular formula is C22H19FN2O6S. The van der Waals surface area contributed by atoms with Gasteiger partial charge in [-0.1, -0.05) is 42.5 Å². The summed E-state index contributed by atoms with van der Waals surface area (Å²) >= 11 is 0. The SMILES string of the molecule is O=C(OCc1ccc(F)cc1)C1=Cc2c([nH]c(=O)n(Cc3ccccc3)c2=O)S(O)(O)C1. The molecule has 2 heterocycles. The molecule has 3 N–H and O–H groups in total. The number of aromatic amines is 1. The summed E-state index contributed by atoms with van der Waals surface area (Å²) in [6, 6.07) is 14.2. The number of carbonyl (C=O) groups excluding carboxylic acids is 1. The molecule has 0 saturated carbocycles. The predicted octanol–water partition coefficient (Wildman–Crippen LogP) is 2.97. The molecule has 0 saturated heterocycles. The van der Waals surface area contributed by atoms with E-state index in [9.17, 15) is 27.9 Å². The first-order valence-corrected chi connectivity index (χ1v) is 11.3. The molecule has 0 amide bonds. The van der Waals surface area contributed by atoms with Gasteiger partial charge < -0.3 is 4.74 Å². The van der Waals surface area contributed by atoms with Gasteiger partial charge in [-0.05, 0) is 29.3 Å². The molecule has 3 aromatic rings. The number of esters is 1. The fourth-order valence-corrected chi connectivity index (χ4v) is 4.83. The van der Waals surface area contributed by atoms with Crippen LogP contribution in [-0.4, -0.2) is 30.4 Å². The number of aromatic nitrogens is 2. The zero-order valence-corrected chi connectivity index (χ0v) is 17.5. The van der Waals surface area contributed by atoms with E-state index in [1.807, 2.05) is 0 Å². The minimum absolute atomic E-state index is 0.0281. The van der Waals surface area contributed by atoms with Crippen molar-refractivity contribution >= 4 is 22.6 Å². The molecule has 10 heteroatoms. The first kappa shape index (κ1) is 21.8. The van der Waals surface area contributed by atoms with Crippen molar-refractivity contribution in [3.05, 3.63) is 104 Å². The molecule has 0 spiro atoms. The van der Waals surface area contributed by atoms with E-state index in [0.29, 0.717) is 11.1 Å². The maximum absolute atomic E-state index is 13.0. The number of nitrogens with zero attached hydrogens (tertiary/aromatic N) is 1. The van der Waals surface area contributed by atoms with Crippen LogP contribution in [0.25, 0.3) is 6.08 Å². The van der Waals surface area contributed by atoms with Crippen molar-refractivity contribution in [3.8, 4) is 0 Å². The number of hydrogen-bond donors (Lipinski definition) is 3. The third-order valence-corrected chi connectivity index (χ3v) is 6.61. The van der Waals surface area contributed by atoms with E-state index >= 15 is 0 Å². The van der Waals surface area contributed by atoms with Crippen molar-refractivity contribution in [2.75, 3.05) is 5.75 Å². The highest BCUT2D eigenvalue weighted by molar-refractivity contribution is 8.24. The second kappa shape index (κ2) is 8.58. The van der Waals surface area contributed by atoms with Crippen molar-refractivity contribution in [2.24, 2.45) is 0 Å². The maximum Gasteiger partial charge on any atom is 0.335 e. The molecule has 2 aromatic carbocycles. The molecule has 8 nitrogen and oxygen atoms in total. The van der Waals surface area contributed by atoms with Crippen LogP contribution in [0.3, 0.4) is 0 Å². The third kappa shape index (κ3) is 4.42. The van der Waals surface area contributed by atoms with Gasteiger partial charge in [0.1, 0.15) is 17.5 Å². The van der Waals surface area contributed by atoms with Crippen LogP contribution in [-0.2, 0) is 22.7 Å². The highest BCUT2D eigenvalue weighted by atomic mass is 32.3. The molecule has 1 aliphatic heterocycles. The summed E-state index contributed by atoms with van der Waals surface area (Å²) in [4.78, 5) is 40.4. The lowest BCUT2D eigenvalue weighted by molar-refractivity contribution is -0.140. The standard InChI is InChI=1S/C22H19FN2O6S/c23-17-8-6-15(7-9-17)12-31-21(27)16-10-18-19(32(29,30)13-16)24-22(28)25(20(18)26)11-14-4-2-1-3-5-14/h1-10,29-30H,11-13H2,(H,24,28). The van der Waals surface area contributed by atoms with Gasteiger partial charge in [-0.15, -0.1) is 10.6 Å². The van der Waals surface area contributed by atoms with Gasteiger partial charge in [-0.3, -0.25) is 23.5 Å². The largest absolute Gasteiger partial charge is 0.457 e. The quantitative estimate of drug-likeness (QED) is 0.399. The molecule has 0 aliphatic carbocycles. The topological polar surface area (TPSA) is 122 Å². The smallest absolute Gasteiger partial charge is 0.335 e. The Labute approximate surface area is 183 Å². The second-order valence-electron chi connectivity index (χ2n) is 7.23. The Balaban J connectivity index is 1.66. The third-order valence-electron chi connectivity index (χ3n) is 4.92. The highest BCUT2D eigenvalue weighted by Gasteiger charge is 2.33. The van der Waals surface area contributed by atoms with Crippen LogP contribution in [0.2, 0.25) is 0 Å². The Kier molecular flexibility index (Phi) is 5.83. The Morgan fingerprint density at radius 2 is 1.75 bits per heavy atom. The molecule has 1 aromatic heterocycles. The number of hydrogen-bond acceptors (Lipinski definition) is 6. The highest BCUT2D eigenvalue weighted by Crippen LogP contribution is 2.52. The minimum atomic E-state index is -3.65. The number of halogens is 1. The van der Waals surface area contributed by atoms with Crippen LogP contribution in [0, 0.1) is 5.82 Å².